The number of hydrogen-bond donors (Lipinski definition) is 2. The van der Waals surface area contributed by atoms with Crippen molar-refractivity contribution in [2.24, 2.45) is 0 Å². The van der Waals surface area contributed by atoms with Crippen molar-refractivity contribution in [2.75, 3.05) is 19.7 Å². The Morgan fingerprint density at radius 3 is 2.61 bits per heavy atom. The van der Waals surface area contributed by atoms with Crippen LogP contribution in [0.25, 0.3) is 0 Å². The molecule has 0 unspecified atom stereocenters. The fourth-order valence-electron chi connectivity index (χ4n) is 3.67. The molecule has 0 bridgehead atoms. The lowest BCUT2D eigenvalue weighted by atomic mass is 10.1. The Balaban J connectivity index is 1.20. The molecule has 2 N–H and O–H groups in total. The van der Waals surface area contributed by atoms with Crippen LogP contribution in [0.15, 0.2) is 47.1 Å². The molecule has 2 aromatic rings. The number of furan rings is 1. The number of hydrogen-bond acceptors (Lipinski definition) is 5. The Labute approximate surface area is 180 Å². The van der Waals surface area contributed by atoms with Crippen molar-refractivity contribution < 1.29 is 23.5 Å². The second-order valence-electron chi connectivity index (χ2n) is 7.95. The van der Waals surface area contributed by atoms with E-state index in [9.17, 15) is 14.4 Å². The summed E-state index contributed by atoms with van der Waals surface area (Å²) >= 11 is 0. The molecule has 2 fully saturated rings. The number of ether oxygens (including phenoxy) is 1. The largest absolute Gasteiger partial charge is 0.484 e. The summed E-state index contributed by atoms with van der Waals surface area (Å²) in [6.45, 7) is 1.04. The van der Waals surface area contributed by atoms with E-state index >= 15 is 0 Å². The van der Waals surface area contributed by atoms with Gasteiger partial charge in [0.15, 0.2) is 12.4 Å². The average Bonchev–Trinajstić information content (AvgIpc) is 3.23. The van der Waals surface area contributed by atoms with Crippen molar-refractivity contribution in [3.8, 4) is 5.75 Å². The molecular weight excluding hydrogens is 398 g/mol. The first-order chi connectivity index (χ1) is 15.1. The van der Waals surface area contributed by atoms with Gasteiger partial charge in [0.2, 0.25) is 5.91 Å². The minimum absolute atomic E-state index is 0.0144. The number of carbonyl (C=O) groups excluding carboxylic acids is 3. The van der Waals surface area contributed by atoms with Crippen LogP contribution in [0.2, 0.25) is 0 Å². The van der Waals surface area contributed by atoms with E-state index in [-0.39, 0.29) is 30.1 Å². The minimum Gasteiger partial charge on any atom is -0.484 e. The number of rotatable bonds is 9. The van der Waals surface area contributed by atoms with Gasteiger partial charge in [-0.05, 0) is 61.9 Å². The van der Waals surface area contributed by atoms with E-state index < -0.39 is 6.04 Å². The normalized spacial score (nSPS) is 17.9. The van der Waals surface area contributed by atoms with Crippen LogP contribution in [-0.2, 0) is 16.0 Å². The van der Waals surface area contributed by atoms with E-state index in [0.29, 0.717) is 37.7 Å². The first kappa shape index (κ1) is 21.0. The number of benzene rings is 1. The summed E-state index contributed by atoms with van der Waals surface area (Å²) in [5.74, 6) is 0.410. The highest BCUT2D eigenvalue weighted by molar-refractivity contribution is 5.96. The van der Waals surface area contributed by atoms with Crippen LogP contribution in [0.5, 0.6) is 5.75 Å². The second kappa shape index (κ2) is 9.68. The van der Waals surface area contributed by atoms with Crippen molar-refractivity contribution in [1.82, 2.24) is 15.5 Å². The SMILES string of the molecule is O=C(COc1ccc(CCNC(=O)[C@@H]2CCCN2C(=O)c2ccco2)cc1)NC1CC1. The topological polar surface area (TPSA) is 101 Å². The Morgan fingerprint density at radius 2 is 1.90 bits per heavy atom. The molecule has 0 spiro atoms. The van der Waals surface area contributed by atoms with Gasteiger partial charge in [-0.15, -0.1) is 0 Å². The molecule has 4 rings (SSSR count). The average molecular weight is 425 g/mol. The maximum Gasteiger partial charge on any atom is 0.290 e. The van der Waals surface area contributed by atoms with Crippen molar-refractivity contribution in [2.45, 2.75) is 44.2 Å². The van der Waals surface area contributed by atoms with E-state index in [2.05, 4.69) is 10.6 Å². The van der Waals surface area contributed by atoms with E-state index in [1.54, 1.807) is 17.0 Å². The van der Waals surface area contributed by atoms with Gasteiger partial charge in [0.1, 0.15) is 11.8 Å². The first-order valence-electron chi connectivity index (χ1n) is 10.7. The fraction of sp³-hybridized carbons (Fsp3) is 0.435. The molecule has 1 aliphatic heterocycles. The zero-order valence-corrected chi connectivity index (χ0v) is 17.3. The predicted molar refractivity (Wildman–Crippen MR) is 113 cm³/mol. The minimum atomic E-state index is -0.463. The van der Waals surface area contributed by atoms with Crippen molar-refractivity contribution >= 4 is 17.7 Å². The summed E-state index contributed by atoms with van der Waals surface area (Å²) in [6, 6.07) is 10.6. The van der Waals surface area contributed by atoms with Gasteiger partial charge in [-0.1, -0.05) is 12.1 Å². The molecule has 164 valence electrons. The maximum absolute atomic E-state index is 12.6. The lowest BCUT2D eigenvalue weighted by Gasteiger charge is -2.23. The first-order valence-corrected chi connectivity index (χ1v) is 10.7. The maximum atomic E-state index is 12.6. The van der Waals surface area contributed by atoms with Gasteiger partial charge < -0.3 is 24.7 Å². The van der Waals surface area contributed by atoms with Crippen molar-refractivity contribution in [1.29, 1.82) is 0 Å². The van der Waals surface area contributed by atoms with Gasteiger partial charge in [0, 0.05) is 19.1 Å². The molecule has 8 nitrogen and oxygen atoms in total. The Bertz CT molecular complexity index is 906. The van der Waals surface area contributed by atoms with Crippen LogP contribution in [0.3, 0.4) is 0 Å². The molecule has 1 aliphatic carbocycles. The molecular formula is C23H27N3O5. The molecule has 0 radical (unpaired) electrons. The van der Waals surface area contributed by atoms with Crippen molar-refractivity contribution in [3.05, 3.63) is 54.0 Å². The smallest absolute Gasteiger partial charge is 0.290 e. The lowest BCUT2D eigenvalue weighted by molar-refractivity contribution is -0.125. The monoisotopic (exact) mass is 425 g/mol. The third-order valence-electron chi connectivity index (χ3n) is 5.50. The zero-order valence-electron chi connectivity index (χ0n) is 17.3. The van der Waals surface area contributed by atoms with E-state index in [0.717, 1.165) is 24.8 Å². The molecule has 8 heteroatoms. The van der Waals surface area contributed by atoms with Crippen LogP contribution in [0.4, 0.5) is 0 Å². The summed E-state index contributed by atoms with van der Waals surface area (Å²) in [5.41, 5.74) is 1.05. The summed E-state index contributed by atoms with van der Waals surface area (Å²) < 4.78 is 10.7. The van der Waals surface area contributed by atoms with Crippen LogP contribution in [0.1, 0.15) is 41.8 Å². The summed E-state index contributed by atoms with van der Waals surface area (Å²) in [7, 11) is 0. The third-order valence-corrected chi connectivity index (χ3v) is 5.50. The summed E-state index contributed by atoms with van der Waals surface area (Å²) in [6.07, 6.45) is 5.67. The zero-order chi connectivity index (χ0) is 21.6. The van der Waals surface area contributed by atoms with Crippen LogP contribution in [0, 0.1) is 0 Å². The Kier molecular flexibility index (Phi) is 6.54. The number of carbonyl (C=O) groups is 3. The summed E-state index contributed by atoms with van der Waals surface area (Å²) in [5, 5.41) is 5.82. The number of likely N-dealkylation sites (tertiary alicyclic amines) is 1. The van der Waals surface area contributed by atoms with Gasteiger partial charge >= 0.3 is 0 Å². The number of nitrogens with zero attached hydrogens (tertiary/aromatic N) is 1. The van der Waals surface area contributed by atoms with Crippen molar-refractivity contribution in [3.63, 3.8) is 0 Å². The molecule has 1 saturated heterocycles. The van der Waals surface area contributed by atoms with Gasteiger partial charge in [0.05, 0.1) is 6.26 Å². The Hall–Kier alpha value is -3.29. The number of nitrogens with one attached hydrogen (secondary N) is 2. The summed E-state index contributed by atoms with van der Waals surface area (Å²) in [4.78, 5) is 38.4. The molecule has 2 heterocycles. The van der Waals surface area contributed by atoms with Gasteiger partial charge in [-0.3, -0.25) is 14.4 Å². The number of amides is 3. The Morgan fingerprint density at radius 1 is 1.10 bits per heavy atom. The van der Waals surface area contributed by atoms with E-state index in [4.69, 9.17) is 9.15 Å². The highest BCUT2D eigenvalue weighted by atomic mass is 16.5. The molecule has 1 aromatic heterocycles. The third kappa shape index (κ3) is 5.65. The molecule has 1 aromatic carbocycles. The predicted octanol–water partition coefficient (Wildman–Crippen LogP) is 1.90. The fourth-order valence-corrected chi connectivity index (χ4v) is 3.67. The van der Waals surface area contributed by atoms with Gasteiger partial charge in [0.25, 0.3) is 11.8 Å². The molecule has 2 aliphatic rings. The molecule has 31 heavy (non-hydrogen) atoms. The highest BCUT2D eigenvalue weighted by Gasteiger charge is 2.35. The molecule has 1 saturated carbocycles. The van der Waals surface area contributed by atoms with E-state index in [1.165, 1.54) is 6.26 Å². The van der Waals surface area contributed by atoms with Crippen LogP contribution >= 0.6 is 0 Å². The highest BCUT2D eigenvalue weighted by Crippen LogP contribution is 2.21. The quantitative estimate of drug-likeness (QED) is 0.639. The second-order valence-corrected chi connectivity index (χ2v) is 7.95. The van der Waals surface area contributed by atoms with Gasteiger partial charge in [-0.25, -0.2) is 0 Å². The molecule has 1 atom stereocenters. The van der Waals surface area contributed by atoms with Gasteiger partial charge in [-0.2, -0.15) is 0 Å². The van der Waals surface area contributed by atoms with E-state index in [1.807, 2.05) is 24.3 Å². The standard InChI is InChI=1S/C23H27N3O5/c27-21(25-17-7-8-17)15-31-18-9-5-16(6-10-18)11-12-24-22(28)19-3-1-13-26(19)23(29)20-4-2-14-30-20/h2,4-6,9-10,14,17,19H,1,3,7-8,11-13,15H2,(H,24,28)(H,25,27)/t19-/m0/s1. The van der Waals surface area contributed by atoms with Crippen LogP contribution < -0.4 is 15.4 Å². The van der Waals surface area contributed by atoms with Crippen LogP contribution in [-0.4, -0.2) is 54.4 Å². The lowest BCUT2D eigenvalue weighted by Crippen LogP contribution is -2.46. The molecule has 3 amide bonds.